The minimum atomic E-state index is -0.204. The van der Waals surface area contributed by atoms with Crippen LogP contribution in [0.2, 0.25) is 0 Å². The lowest BCUT2D eigenvalue weighted by Crippen LogP contribution is -2.37. The fraction of sp³-hybridized carbons (Fsp3) is 0.467. The van der Waals surface area contributed by atoms with Gasteiger partial charge in [0, 0.05) is 13.1 Å². The first-order valence-electron chi connectivity index (χ1n) is 6.57. The molecule has 0 radical (unpaired) electrons. The van der Waals surface area contributed by atoms with Crippen molar-refractivity contribution in [2.24, 2.45) is 0 Å². The Kier molecular flexibility index (Phi) is 6.62. The first-order valence-corrected chi connectivity index (χ1v) is 6.57. The summed E-state index contributed by atoms with van der Waals surface area (Å²) in [4.78, 5) is 13.5. The Morgan fingerprint density at radius 3 is 2.68 bits per heavy atom. The quantitative estimate of drug-likeness (QED) is 0.811. The summed E-state index contributed by atoms with van der Waals surface area (Å²) in [6, 6.07) is 12.0. The highest BCUT2D eigenvalue weighted by molar-refractivity contribution is 5.77. The second-order valence-corrected chi connectivity index (χ2v) is 4.64. The summed E-state index contributed by atoms with van der Waals surface area (Å²) in [7, 11) is 1.86. The molecule has 0 aliphatic heterocycles. The second-order valence-electron chi connectivity index (χ2n) is 4.64. The van der Waals surface area contributed by atoms with E-state index in [0.717, 1.165) is 12.0 Å². The summed E-state index contributed by atoms with van der Waals surface area (Å²) < 4.78 is 0. The van der Waals surface area contributed by atoms with Gasteiger partial charge in [-0.3, -0.25) is 9.69 Å². The number of carbonyl (C=O) groups is 1. The minimum Gasteiger partial charge on any atom is -0.355 e. The van der Waals surface area contributed by atoms with Crippen LogP contribution >= 0.6 is 0 Å². The lowest BCUT2D eigenvalue weighted by molar-refractivity contribution is -0.121. The maximum atomic E-state index is 11.6. The van der Waals surface area contributed by atoms with Crippen molar-refractivity contribution in [1.29, 1.82) is 5.26 Å². The van der Waals surface area contributed by atoms with Crippen molar-refractivity contribution < 1.29 is 4.79 Å². The fourth-order valence-corrected chi connectivity index (χ4v) is 1.85. The molecule has 1 atom stereocenters. The van der Waals surface area contributed by atoms with Gasteiger partial charge in [-0.05, 0) is 19.0 Å². The third-order valence-corrected chi connectivity index (χ3v) is 2.84. The molecule has 102 valence electrons. The zero-order valence-electron chi connectivity index (χ0n) is 11.6. The van der Waals surface area contributed by atoms with Gasteiger partial charge >= 0.3 is 0 Å². The van der Waals surface area contributed by atoms with Crippen LogP contribution in [0.3, 0.4) is 0 Å². The Balaban J connectivity index is 2.48. The number of amides is 1. The van der Waals surface area contributed by atoms with E-state index in [9.17, 15) is 10.1 Å². The number of likely N-dealkylation sites (N-methyl/N-ethyl adjacent to an activating group) is 1. The van der Waals surface area contributed by atoms with E-state index in [1.807, 2.05) is 49.2 Å². The van der Waals surface area contributed by atoms with Gasteiger partial charge in [-0.1, -0.05) is 37.3 Å². The number of hydrogen-bond donors (Lipinski definition) is 1. The van der Waals surface area contributed by atoms with Crippen molar-refractivity contribution in [3.63, 3.8) is 0 Å². The van der Waals surface area contributed by atoms with E-state index in [-0.39, 0.29) is 11.8 Å². The van der Waals surface area contributed by atoms with Crippen LogP contribution in [0.4, 0.5) is 0 Å². The molecule has 1 rings (SSSR count). The van der Waals surface area contributed by atoms with Crippen LogP contribution in [0.1, 0.15) is 24.8 Å². The standard InChI is InChI=1S/C15H21N3O/c1-3-9-17-15(19)12-18(2)11-14(10-16)13-7-5-4-6-8-13/h4-8,14H,3,9,11-12H2,1-2H3,(H,17,19). The van der Waals surface area contributed by atoms with Gasteiger partial charge in [0.15, 0.2) is 0 Å². The van der Waals surface area contributed by atoms with Gasteiger partial charge < -0.3 is 5.32 Å². The highest BCUT2D eigenvalue weighted by Crippen LogP contribution is 2.15. The van der Waals surface area contributed by atoms with E-state index in [0.29, 0.717) is 19.6 Å². The number of rotatable bonds is 7. The molecule has 1 amide bonds. The molecule has 4 nitrogen and oxygen atoms in total. The normalized spacial score (nSPS) is 11.9. The smallest absolute Gasteiger partial charge is 0.234 e. The molecule has 1 N–H and O–H groups in total. The first kappa shape index (κ1) is 15.2. The SMILES string of the molecule is CCCNC(=O)CN(C)CC(C#N)c1ccccc1. The number of carbonyl (C=O) groups excluding carboxylic acids is 1. The molecule has 1 unspecified atom stereocenters. The summed E-state index contributed by atoms with van der Waals surface area (Å²) in [6.45, 7) is 3.60. The molecular weight excluding hydrogens is 238 g/mol. The fourth-order valence-electron chi connectivity index (χ4n) is 1.85. The molecule has 0 bridgehead atoms. The van der Waals surface area contributed by atoms with Crippen molar-refractivity contribution in [2.45, 2.75) is 19.3 Å². The maximum absolute atomic E-state index is 11.6. The van der Waals surface area contributed by atoms with Crippen molar-refractivity contribution >= 4 is 5.91 Å². The van der Waals surface area contributed by atoms with Crippen LogP contribution in [0, 0.1) is 11.3 Å². The van der Waals surface area contributed by atoms with Gasteiger partial charge in [0.05, 0.1) is 18.5 Å². The zero-order valence-corrected chi connectivity index (χ0v) is 11.6. The number of benzene rings is 1. The Labute approximate surface area is 115 Å². The molecule has 0 fully saturated rings. The van der Waals surface area contributed by atoms with Crippen molar-refractivity contribution in [1.82, 2.24) is 10.2 Å². The molecule has 0 saturated heterocycles. The van der Waals surface area contributed by atoms with E-state index >= 15 is 0 Å². The van der Waals surface area contributed by atoms with Gasteiger partial charge in [-0.2, -0.15) is 5.26 Å². The van der Waals surface area contributed by atoms with Crippen LogP contribution < -0.4 is 5.32 Å². The van der Waals surface area contributed by atoms with E-state index < -0.39 is 0 Å². The largest absolute Gasteiger partial charge is 0.355 e. The summed E-state index contributed by atoms with van der Waals surface area (Å²) in [6.07, 6.45) is 0.931. The summed E-state index contributed by atoms with van der Waals surface area (Å²) in [5, 5.41) is 12.1. The third-order valence-electron chi connectivity index (χ3n) is 2.84. The average Bonchev–Trinajstić information content (AvgIpc) is 2.43. The molecule has 0 aliphatic rings. The van der Waals surface area contributed by atoms with Gasteiger partial charge in [0.1, 0.15) is 0 Å². The molecule has 4 heteroatoms. The summed E-state index contributed by atoms with van der Waals surface area (Å²) in [5.74, 6) is -0.195. The number of nitrogens with zero attached hydrogens (tertiary/aromatic N) is 2. The lowest BCUT2D eigenvalue weighted by atomic mass is 10.0. The van der Waals surface area contributed by atoms with Crippen LogP contribution in [-0.4, -0.2) is 37.5 Å². The number of nitrogens with one attached hydrogen (secondary N) is 1. The Morgan fingerprint density at radius 2 is 2.11 bits per heavy atom. The Bertz CT molecular complexity index is 425. The molecular formula is C15H21N3O. The highest BCUT2D eigenvalue weighted by Gasteiger charge is 2.14. The topological polar surface area (TPSA) is 56.1 Å². The summed E-state index contributed by atoms with van der Waals surface area (Å²) >= 11 is 0. The van der Waals surface area contributed by atoms with Crippen molar-refractivity contribution in [2.75, 3.05) is 26.7 Å². The van der Waals surface area contributed by atoms with E-state index in [1.165, 1.54) is 0 Å². The van der Waals surface area contributed by atoms with Gasteiger partial charge in [0.2, 0.25) is 5.91 Å². The molecule has 0 heterocycles. The van der Waals surface area contributed by atoms with Crippen LogP contribution in [0.25, 0.3) is 0 Å². The maximum Gasteiger partial charge on any atom is 0.234 e. The Morgan fingerprint density at radius 1 is 1.42 bits per heavy atom. The average molecular weight is 259 g/mol. The Hall–Kier alpha value is -1.86. The van der Waals surface area contributed by atoms with Crippen LogP contribution in [-0.2, 0) is 4.79 Å². The van der Waals surface area contributed by atoms with Gasteiger partial charge in [0.25, 0.3) is 0 Å². The van der Waals surface area contributed by atoms with Crippen molar-refractivity contribution in [3.05, 3.63) is 35.9 Å². The summed E-state index contributed by atoms with van der Waals surface area (Å²) in [5.41, 5.74) is 0.991. The molecule has 19 heavy (non-hydrogen) atoms. The second kappa shape index (κ2) is 8.28. The molecule has 0 spiro atoms. The van der Waals surface area contributed by atoms with Crippen LogP contribution in [0.5, 0.6) is 0 Å². The highest BCUT2D eigenvalue weighted by atomic mass is 16.2. The molecule has 1 aromatic carbocycles. The van der Waals surface area contributed by atoms with E-state index in [2.05, 4.69) is 11.4 Å². The zero-order chi connectivity index (χ0) is 14.1. The van der Waals surface area contributed by atoms with E-state index in [1.54, 1.807) is 0 Å². The monoisotopic (exact) mass is 259 g/mol. The predicted molar refractivity (Wildman–Crippen MR) is 75.6 cm³/mol. The van der Waals surface area contributed by atoms with E-state index in [4.69, 9.17) is 0 Å². The predicted octanol–water partition coefficient (Wildman–Crippen LogP) is 1.75. The van der Waals surface area contributed by atoms with Gasteiger partial charge in [-0.25, -0.2) is 0 Å². The molecule has 0 aromatic heterocycles. The minimum absolute atomic E-state index is 0.00843. The number of nitriles is 1. The molecule has 0 saturated carbocycles. The van der Waals surface area contributed by atoms with Crippen molar-refractivity contribution in [3.8, 4) is 6.07 Å². The molecule has 0 aliphatic carbocycles. The lowest BCUT2D eigenvalue weighted by Gasteiger charge is -2.19. The number of hydrogen-bond acceptors (Lipinski definition) is 3. The molecule has 1 aromatic rings. The third kappa shape index (κ3) is 5.54. The van der Waals surface area contributed by atoms with Gasteiger partial charge in [-0.15, -0.1) is 0 Å². The van der Waals surface area contributed by atoms with Crippen LogP contribution in [0.15, 0.2) is 30.3 Å². The first-order chi connectivity index (χ1) is 9.17.